The van der Waals surface area contributed by atoms with E-state index in [1.807, 2.05) is 54.6 Å². The van der Waals surface area contributed by atoms with Crippen LogP contribution in [0.1, 0.15) is 37.7 Å². The average molecular weight is 480 g/mol. The third-order valence-corrected chi connectivity index (χ3v) is 7.68. The molecule has 0 aromatic heterocycles. The van der Waals surface area contributed by atoms with Crippen LogP contribution >= 0.6 is 0 Å². The van der Waals surface area contributed by atoms with Gasteiger partial charge in [0.25, 0.3) is 5.91 Å². The molecule has 3 aromatic rings. The van der Waals surface area contributed by atoms with Crippen LogP contribution < -0.4 is 15.6 Å². The Balaban J connectivity index is 1.51. The van der Waals surface area contributed by atoms with E-state index < -0.39 is 22.0 Å². The molecule has 1 unspecified atom stereocenters. The summed E-state index contributed by atoms with van der Waals surface area (Å²) in [4.78, 5) is 25.5. The number of carbonyl (C=O) groups excluding carboxylic acids is 2. The number of hydrogen-bond acceptors (Lipinski definition) is 4. The molecule has 178 valence electrons. The van der Waals surface area contributed by atoms with Crippen molar-refractivity contribution < 1.29 is 18.0 Å². The molecule has 3 aromatic carbocycles. The third-order valence-electron chi connectivity index (χ3n) is 6.21. The predicted octanol–water partition coefficient (Wildman–Crippen LogP) is 3.46. The molecule has 0 radical (unpaired) electrons. The van der Waals surface area contributed by atoms with Gasteiger partial charge >= 0.3 is 0 Å². The van der Waals surface area contributed by atoms with Gasteiger partial charge in [0.15, 0.2) is 0 Å². The second kappa shape index (κ2) is 10.8. The van der Waals surface area contributed by atoms with Crippen molar-refractivity contribution in [2.24, 2.45) is 5.92 Å². The van der Waals surface area contributed by atoms with Gasteiger partial charge in [-0.1, -0.05) is 79.9 Å². The van der Waals surface area contributed by atoms with Crippen LogP contribution in [0.4, 0.5) is 0 Å². The smallest absolute Gasteiger partial charge is 0.256 e. The van der Waals surface area contributed by atoms with Crippen LogP contribution in [0.5, 0.6) is 0 Å². The Morgan fingerprint density at radius 1 is 0.824 bits per heavy atom. The molecule has 2 amide bonds. The van der Waals surface area contributed by atoms with Gasteiger partial charge in [0, 0.05) is 5.92 Å². The number of benzene rings is 3. The van der Waals surface area contributed by atoms with Crippen molar-refractivity contribution in [1.82, 2.24) is 15.6 Å². The minimum atomic E-state index is -4.00. The zero-order valence-electron chi connectivity index (χ0n) is 18.9. The first-order valence-corrected chi connectivity index (χ1v) is 13.1. The summed E-state index contributed by atoms with van der Waals surface area (Å²) in [5.74, 6) is -0.975. The molecule has 8 heteroatoms. The largest absolute Gasteiger partial charge is 0.273 e. The normalized spacial score (nSPS) is 15.5. The second-order valence-corrected chi connectivity index (χ2v) is 10.4. The van der Waals surface area contributed by atoms with E-state index in [0.29, 0.717) is 0 Å². The highest BCUT2D eigenvalue weighted by Crippen LogP contribution is 2.23. The fourth-order valence-corrected chi connectivity index (χ4v) is 5.54. The summed E-state index contributed by atoms with van der Waals surface area (Å²) in [7, 11) is -4.00. The molecule has 1 aliphatic rings. The average Bonchev–Trinajstić information content (AvgIpc) is 2.87. The van der Waals surface area contributed by atoms with Gasteiger partial charge in [-0.15, -0.1) is 0 Å². The van der Waals surface area contributed by atoms with E-state index >= 15 is 0 Å². The Morgan fingerprint density at radius 3 is 2.24 bits per heavy atom. The fourth-order valence-electron chi connectivity index (χ4n) is 4.30. The highest BCUT2D eigenvalue weighted by molar-refractivity contribution is 7.89. The molecule has 34 heavy (non-hydrogen) atoms. The van der Waals surface area contributed by atoms with E-state index in [1.165, 1.54) is 6.07 Å². The standard InChI is InChI=1S/C26H29N3O4S/c30-25(21-12-5-2-6-13-21)27-28-26(31)24(17-19-9-3-1-4-10-19)29-34(32,33)23-16-15-20-11-7-8-14-22(20)18-23/h1,3-4,7-11,14-16,18,21,24,29H,2,5-6,12-13,17H2,(H,27,30)(H,28,31). The Bertz CT molecular complexity index is 1260. The van der Waals surface area contributed by atoms with Gasteiger partial charge in [-0.2, -0.15) is 4.72 Å². The highest BCUT2D eigenvalue weighted by Gasteiger charge is 2.28. The van der Waals surface area contributed by atoms with Crippen molar-refractivity contribution in [2.45, 2.75) is 49.5 Å². The lowest BCUT2D eigenvalue weighted by Crippen LogP contribution is -2.54. The molecule has 0 spiro atoms. The van der Waals surface area contributed by atoms with Crippen LogP contribution in [0.2, 0.25) is 0 Å². The van der Waals surface area contributed by atoms with Gasteiger partial charge in [0.2, 0.25) is 15.9 Å². The molecule has 1 aliphatic carbocycles. The number of carbonyl (C=O) groups is 2. The quantitative estimate of drug-likeness (QED) is 0.452. The van der Waals surface area contributed by atoms with Crippen molar-refractivity contribution in [1.29, 1.82) is 0 Å². The molecule has 0 aliphatic heterocycles. The Morgan fingerprint density at radius 2 is 1.50 bits per heavy atom. The Kier molecular flexibility index (Phi) is 7.59. The van der Waals surface area contributed by atoms with E-state index in [2.05, 4.69) is 15.6 Å². The third kappa shape index (κ3) is 6.01. The number of hydrogen-bond donors (Lipinski definition) is 3. The summed E-state index contributed by atoms with van der Waals surface area (Å²) >= 11 is 0. The maximum Gasteiger partial charge on any atom is 0.256 e. The molecule has 0 bridgehead atoms. The van der Waals surface area contributed by atoms with Crippen molar-refractivity contribution in [3.63, 3.8) is 0 Å². The lowest BCUT2D eigenvalue weighted by atomic mass is 9.89. The zero-order valence-corrected chi connectivity index (χ0v) is 19.7. The predicted molar refractivity (Wildman–Crippen MR) is 131 cm³/mol. The lowest BCUT2D eigenvalue weighted by molar-refractivity contribution is -0.132. The molecule has 3 N–H and O–H groups in total. The minimum Gasteiger partial charge on any atom is -0.273 e. The van der Waals surface area contributed by atoms with Crippen LogP contribution in [-0.4, -0.2) is 26.3 Å². The highest BCUT2D eigenvalue weighted by atomic mass is 32.2. The zero-order chi connectivity index (χ0) is 24.0. The van der Waals surface area contributed by atoms with Gasteiger partial charge in [0.05, 0.1) is 4.90 Å². The Labute approximate surface area is 200 Å². The first-order valence-electron chi connectivity index (χ1n) is 11.6. The lowest BCUT2D eigenvalue weighted by Gasteiger charge is -2.23. The van der Waals surface area contributed by atoms with Crippen LogP contribution in [0.15, 0.2) is 77.7 Å². The fraction of sp³-hybridized carbons (Fsp3) is 0.308. The van der Waals surface area contributed by atoms with E-state index in [1.54, 1.807) is 12.1 Å². The maximum atomic E-state index is 13.2. The topological polar surface area (TPSA) is 104 Å². The number of hydrazine groups is 1. The Hall–Kier alpha value is -3.23. The number of rotatable bonds is 7. The van der Waals surface area contributed by atoms with Crippen LogP contribution in [0, 0.1) is 5.92 Å². The van der Waals surface area contributed by atoms with Gasteiger partial charge < -0.3 is 0 Å². The minimum absolute atomic E-state index is 0.0725. The molecule has 1 saturated carbocycles. The van der Waals surface area contributed by atoms with E-state index in [-0.39, 0.29) is 23.1 Å². The molecular weight excluding hydrogens is 450 g/mol. The molecule has 0 saturated heterocycles. The summed E-state index contributed by atoms with van der Waals surface area (Å²) < 4.78 is 28.9. The van der Waals surface area contributed by atoms with E-state index in [4.69, 9.17) is 0 Å². The summed E-state index contributed by atoms with van der Waals surface area (Å²) in [5, 5.41) is 1.71. The number of nitrogens with one attached hydrogen (secondary N) is 3. The molecular formula is C26H29N3O4S. The van der Waals surface area contributed by atoms with Crippen molar-refractivity contribution in [3.05, 3.63) is 78.4 Å². The summed E-state index contributed by atoms with van der Waals surface area (Å²) in [6.45, 7) is 0. The first kappa shape index (κ1) is 23.9. The first-order chi connectivity index (χ1) is 16.4. The second-order valence-electron chi connectivity index (χ2n) is 8.69. The van der Waals surface area contributed by atoms with Crippen LogP contribution in [-0.2, 0) is 26.0 Å². The molecule has 7 nitrogen and oxygen atoms in total. The van der Waals surface area contributed by atoms with Gasteiger partial charge in [0.1, 0.15) is 6.04 Å². The molecule has 4 rings (SSSR count). The number of amides is 2. The maximum absolute atomic E-state index is 13.2. The van der Waals surface area contributed by atoms with Crippen LogP contribution in [0.3, 0.4) is 0 Å². The number of fused-ring (bicyclic) bond motifs is 1. The molecule has 1 fully saturated rings. The SMILES string of the molecule is O=C(NNC(=O)C(Cc1ccccc1)NS(=O)(=O)c1ccc2ccccc2c1)C1CCCCC1. The summed E-state index contributed by atoms with van der Waals surface area (Å²) in [6.07, 6.45) is 4.83. The van der Waals surface area contributed by atoms with Gasteiger partial charge in [-0.05, 0) is 47.7 Å². The number of sulfonamides is 1. The van der Waals surface area contributed by atoms with Crippen molar-refractivity contribution >= 4 is 32.6 Å². The molecule has 1 atom stereocenters. The molecule has 0 heterocycles. The van der Waals surface area contributed by atoms with Crippen LogP contribution in [0.25, 0.3) is 10.8 Å². The van der Waals surface area contributed by atoms with Crippen molar-refractivity contribution in [2.75, 3.05) is 0 Å². The van der Waals surface area contributed by atoms with Crippen molar-refractivity contribution in [3.8, 4) is 0 Å². The summed E-state index contributed by atoms with van der Waals surface area (Å²) in [6, 6.07) is 20.4. The van der Waals surface area contributed by atoms with Gasteiger partial charge in [-0.3, -0.25) is 20.4 Å². The van der Waals surface area contributed by atoms with E-state index in [0.717, 1.165) is 48.4 Å². The van der Waals surface area contributed by atoms with Gasteiger partial charge in [-0.25, -0.2) is 8.42 Å². The summed E-state index contributed by atoms with van der Waals surface area (Å²) in [5.41, 5.74) is 5.73. The monoisotopic (exact) mass is 479 g/mol. The van der Waals surface area contributed by atoms with E-state index in [9.17, 15) is 18.0 Å².